The van der Waals surface area contributed by atoms with Gasteiger partial charge >= 0.3 is 0 Å². The van der Waals surface area contributed by atoms with Gasteiger partial charge in [-0.2, -0.15) is 11.8 Å². The molecule has 10 heteroatoms. The van der Waals surface area contributed by atoms with Crippen molar-refractivity contribution in [2.45, 2.75) is 19.2 Å². The molecule has 3 rings (SSSR count). The highest BCUT2D eigenvalue weighted by molar-refractivity contribution is 7.97. The van der Waals surface area contributed by atoms with Crippen LogP contribution in [-0.4, -0.2) is 39.6 Å². The smallest absolute Gasteiger partial charge is 0.274 e. The number of carbonyl (C=O) groups excluding carboxylic acids is 2. The van der Waals surface area contributed by atoms with E-state index in [0.29, 0.717) is 39.3 Å². The molecule has 2 N–H and O–H groups in total. The minimum absolute atomic E-state index is 0.139. The Kier molecular flexibility index (Phi) is 7.95. The van der Waals surface area contributed by atoms with Gasteiger partial charge in [0.1, 0.15) is 0 Å². The fourth-order valence-corrected chi connectivity index (χ4v) is 3.74. The van der Waals surface area contributed by atoms with E-state index in [4.69, 9.17) is 23.2 Å². The first-order valence-corrected chi connectivity index (χ1v) is 11.6. The lowest BCUT2D eigenvalue weighted by molar-refractivity contribution is 0.0940. The van der Waals surface area contributed by atoms with Crippen molar-refractivity contribution in [2.24, 2.45) is 0 Å². The van der Waals surface area contributed by atoms with Gasteiger partial charge in [0.25, 0.3) is 11.8 Å². The summed E-state index contributed by atoms with van der Waals surface area (Å²) in [5.41, 5.74) is 3.01. The maximum atomic E-state index is 12.8. The molecule has 2 aromatic carbocycles. The molecule has 1 heterocycles. The molecule has 0 bridgehead atoms. The number of nitrogens with one attached hydrogen (secondary N) is 2. The number of benzene rings is 2. The summed E-state index contributed by atoms with van der Waals surface area (Å²) >= 11 is 13.5. The zero-order valence-corrected chi connectivity index (χ0v) is 19.3. The van der Waals surface area contributed by atoms with Gasteiger partial charge in [-0.1, -0.05) is 34.5 Å². The summed E-state index contributed by atoms with van der Waals surface area (Å²) in [6, 6.07) is 12.2. The van der Waals surface area contributed by atoms with E-state index in [2.05, 4.69) is 20.9 Å². The molecule has 0 unspecified atom stereocenters. The molecule has 0 radical (unpaired) electrons. The van der Waals surface area contributed by atoms with Crippen molar-refractivity contribution in [1.29, 1.82) is 0 Å². The van der Waals surface area contributed by atoms with Crippen LogP contribution in [-0.2, 0) is 12.3 Å². The number of rotatable bonds is 8. The largest absolute Gasteiger partial charge is 0.352 e. The number of hydrogen-bond donors (Lipinski definition) is 2. The lowest BCUT2D eigenvalue weighted by atomic mass is 10.2. The van der Waals surface area contributed by atoms with E-state index in [0.717, 1.165) is 5.56 Å². The van der Waals surface area contributed by atoms with Gasteiger partial charge in [0.15, 0.2) is 5.69 Å². The molecule has 2 amide bonds. The molecule has 3 aromatic rings. The molecule has 0 aliphatic rings. The highest BCUT2D eigenvalue weighted by Crippen LogP contribution is 2.23. The standard InChI is InChI=1S/C21H21Cl2N5O2S/c1-3-24-20(29)14-5-7-15(8-6-14)28-18(12-31-2)19(26-27-28)21(30)25-11-13-4-9-16(22)17(23)10-13/h4-10H,3,11-12H2,1-2H3,(H,24,29)(H,25,30). The fraction of sp³-hybridized carbons (Fsp3) is 0.238. The topological polar surface area (TPSA) is 88.9 Å². The molecule has 1 aromatic heterocycles. The highest BCUT2D eigenvalue weighted by Gasteiger charge is 2.20. The van der Waals surface area contributed by atoms with E-state index in [9.17, 15) is 9.59 Å². The van der Waals surface area contributed by atoms with Crippen LogP contribution in [0.4, 0.5) is 0 Å². The summed E-state index contributed by atoms with van der Waals surface area (Å²) in [4.78, 5) is 24.7. The van der Waals surface area contributed by atoms with E-state index < -0.39 is 0 Å². The van der Waals surface area contributed by atoms with E-state index in [1.54, 1.807) is 58.9 Å². The van der Waals surface area contributed by atoms with Crippen molar-refractivity contribution in [3.8, 4) is 5.69 Å². The Balaban J connectivity index is 1.80. The number of nitrogens with zero attached hydrogens (tertiary/aromatic N) is 3. The fourth-order valence-electron chi connectivity index (χ4n) is 2.88. The zero-order valence-electron chi connectivity index (χ0n) is 17.0. The zero-order chi connectivity index (χ0) is 22.4. The van der Waals surface area contributed by atoms with Crippen molar-refractivity contribution in [3.05, 3.63) is 75.0 Å². The van der Waals surface area contributed by atoms with Gasteiger partial charge in [0.05, 0.1) is 21.4 Å². The Morgan fingerprint density at radius 3 is 2.42 bits per heavy atom. The first kappa shape index (κ1) is 23.1. The molecule has 0 saturated carbocycles. The summed E-state index contributed by atoms with van der Waals surface area (Å²) in [7, 11) is 0. The minimum Gasteiger partial charge on any atom is -0.352 e. The van der Waals surface area contributed by atoms with Gasteiger partial charge in [-0.05, 0) is 55.1 Å². The molecule has 0 spiro atoms. The normalized spacial score (nSPS) is 10.7. The quantitative estimate of drug-likeness (QED) is 0.509. The molecule has 0 aliphatic heterocycles. The molecule has 162 valence electrons. The first-order chi connectivity index (χ1) is 14.9. The Bertz CT molecular complexity index is 1090. The monoisotopic (exact) mass is 477 g/mol. The van der Waals surface area contributed by atoms with Gasteiger partial charge < -0.3 is 10.6 Å². The van der Waals surface area contributed by atoms with E-state index >= 15 is 0 Å². The Morgan fingerprint density at radius 2 is 1.77 bits per heavy atom. The number of aromatic nitrogens is 3. The second-order valence-electron chi connectivity index (χ2n) is 6.57. The SMILES string of the molecule is CCNC(=O)c1ccc(-n2nnc(C(=O)NCc3ccc(Cl)c(Cl)c3)c2CSC)cc1. The van der Waals surface area contributed by atoms with E-state index in [-0.39, 0.29) is 24.1 Å². The van der Waals surface area contributed by atoms with Crippen LogP contribution in [0.2, 0.25) is 10.0 Å². The second-order valence-corrected chi connectivity index (χ2v) is 8.25. The molecule has 0 fully saturated rings. The van der Waals surface area contributed by atoms with Crippen molar-refractivity contribution < 1.29 is 9.59 Å². The second kappa shape index (κ2) is 10.7. The van der Waals surface area contributed by atoms with E-state index in [1.165, 1.54) is 0 Å². The van der Waals surface area contributed by atoms with Crippen molar-refractivity contribution in [2.75, 3.05) is 12.8 Å². The average Bonchev–Trinajstić information content (AvgIpc) is 3.18. The first-order valence-electron chi connectivity index (χ1n) is 9.48. The van der Waals surface area contributed by atoms with Crippen LogP contribution in [0.25, 0.3) is 5.69 Å². The summed E-state index contributed by atoms with van der Waals surface area (Å²) in [5, 5.41) is 14.8. The molecular weight excluding hydrogens is 457 g/mol. The van der Waals surface area contributed by atoms with Gasteiger partial charge in [0, 0.05) is 24.4 Å². The van der Waals surface area contributed by atoms with Crippen LogP contribution in [0.1, 0.15) is 39.0 Å². The van der Waals surface area contributed by atoms with Gasteiger partial charge in [-0.3, -0.25) is 9.59 Å². The number of amides is 2. The summed E-state index contributed by atoms with van der Waals surface area (Å²) < 4.78 is 1.62. The predicted octanol–water partition coefficient (Wildman–Crippen LogP) is 4.12. The van der Waals surface area contributed by atoms with Crippen LogP contribution >= 0.6 is 35.0 Å². The summed E-state index contributed by atoms with van der Waals surface area (Å²) in [5.74, 6) is 0.0697. The number of halogens is 2. The lowest BCUT2D eigenvalue weighted by Gasteiger charge is -2.09. The Labute approximate surface area is 194 Å². The maximum absolute atomic E-state index is 12.8. The Hall–Kier alpha value is -2.55. The maximum Gasteiger partial charge on any atom is 0.274 e. The summed E-state index contributed by atoms with van der Waals surface area (Å²) in [6.45, 7) is 2.70. The molecule has 7 nitrogen and oxygen atoms in total. The van der Waals surface area contributed by atoms with Crippen LogP contribution in [0.3, 0.4) is 0 Å². The predicted molar refractivity (Wildman–Crippen MR) is 124 cm³/mol. The number of carbonyl (C=O) groups is 2. The number of thioether (sulfide) groups is 1. The van der Waals surface area contributed by atoms with Crippen LogP contribution < -0.4 is 10.6 Å². The van der Waals surface area contributed by atoms with E-state index in [1.807, 2.05) is 13.2 Å². The summed E-state index contributed by atoms with van der Waals surface area (Å²) in [6.07, 6.45) is 1.94. The van der Waals surface area contributed by atoms with Crippen molar-refractivity contribution in [1.82, 2.24) is 25.6 Å². The van der Waals surface area contributed by atoms with Gasteiger partial charge in [-0.15, -0.1) is 5.10 Å². The van der Waals surface area contributed by atoms with Gasteiger partial charge in [0.2, 0.25) is 0 Å². The third kappa shape index (κ3) is 5.58. The Morgan fingerprint density at radius 1 is 1.03 bits per heavy atom. The average molecular weight is 478 g/mol. The van der Waals surface area contributed by atoms with Crippen LogP contribution in [0.15, 0.2) is 42.5 Å². The molecular formula is C21H21Cl2N5O2S. The van der Waals surface area contributed by atoms with Crippen LogP contribution in [0, 0.1) is 0 Å². The molecule has 31 heavy (non-hydrogen) atoms. The molecule has 0 saturated heterocycles. The molecule has 0 aliphatic carbocycles. The lowest BCUT2D eigenvalue weighted by Crippen LogP contribution is -2.24. The third-order valence-electron chi connectivity index (χ3n) is 4.41. The number of hydrogen-bond acceptors (Lipinski definition) is 5. The van der Waals surface area contributed by atoms with Crippen molar-refractivity contribution in [3.63, 3.8) is 0 Å². The van der Waals surface area contributed by atoms with Crippen molar-refractivity contribution >= 4 is 46.8 Å². The highest BCUT2D eigenvalue weighted by atomic mass is 35.5. The minimum atomic E-state index is -0.333. The van der Waals surface area contributed by atoms with Crippen LogP contribution in [0.5, 0.6) is 0 Å². The third-order valence-corrected chi connectivity index (χ3v) is 5.71. The molecule has 0 atom stereocenters. The van der Waals surface area contributed by atoms with Gasteiger partial charge in [-0.25, -0.2) is 4.68 Å².